The van der Waals surface area contributed by atoms with Crippen molar-refractivity contribution in [3.8, 4) is 0 Å². The molecule has 0 aliphatic carbocycles. The molecule has 1 atom stereocenters. The number of carbonyl (C=O) groups is 1. The predicted molar refractivity (Wildman–Crippen MR) is 79.3 cm³/mol. The standard InChI is InChI=1S/C14H18BrN3O2/c15-7-3-4-9-18-14(16-8-10-20-14)12-6-2-1-5-11(12)13(19)17-18/h1-2,5-6,16H,3-4,7-10H2,(H,17,19). The van der Waals surface area contributed by atoms with E-state index in [1.54, 1.807) is 0 Å². The zero-order valence-electron chi connectivity index (χ0n) is 11.2. The molecular weight excluding hydrogens is 322 g/mol. The maximum atomic E-state index is 12.2. The molecule has 1 spiro atoms. The molecule has 1 aromatic rings. The summed E-state index contributed by atoms with van der Waals surface area (Å²) in [6.45, 7) is 2.16. The minimum absolute atomic E-state index is 0.0673. The molecule has 6 heteroatoms. The van der Waals surface area contributed by atoms with Crippen molar-refractivity contribution in [3.05, 3.63) is 35.4 Å². The quantitative estimate of drug-likeness (QED) is 0.645. The van der Waals surface area contributed by atoms with E-state index < -0.39 is 5.85 Å². The lowest BCUT2D eigenvalue weighted by Gasteiger charge is -2.44. The van der Waals surface area contributed by atoms with E-state index in [-0.39, 0.29) is 5.91 Å². The van der Waals surface area contributed by atoms with E-state index in [1.807, 2.05) is 29.3 Å². The van der Waals surface area contributed by atoms with Crippen LogP contribution in [0.5, 0.6) is 0 Å². The van der Waals surface area contributed by atoms with Crippen LogP contribution in [-0.4, -0.2) is 35.9 Å². The van der Waals surface area contributed by atoms with Gasteiger partial charge in [-0.1, -0.05) is 34.1 Å². The summed E-state index contributed by atoms with van der Waals surface area (Å²) < 4.78 is 5.99. The Labute approximate surface area is 126 Å². The first-order valence-corrected chi connectivity index (χ1v) is 8.03. The third-order valence-electron chi connectivity index (χ3n) is 3.70. The predicted octanol–water partition coefficient (Wildman–Crippen LogP) is 1.55. The third-order valence-corrected chi connectivity index (χ3v) is 4.26. The van der Waals surface area contributed by atoms with E-state index in [0.29, 0.717) is 12.2 Å². The van der Waals surface area contributed by atoms with Crippen LogP contribution in [0.15, 0.2) is 24.3 Å². The highest BCUT2D eigenvalue weighted by Gasteiger charge is 2.48. The summed E-state index contributed by atoms with van der Waals surface area (Å²) in [5, 5.41) is 6.26. The van der Waals surface area contributed by atoms with Gasteiger partial charge in [0.25, 0.3) is 5.91 Å². The van der Waals surface area contributed by atoms with Crippen molar-refractivity contribution >= 4 is 21.8 Å². The first-order valence-electron chi connectivity index (χ1n) is 6.91. The van der Waals surface area contributed by atoms with Crippen LogP contribution in [0.3, 0.4) is 0 Å². The lowest BCUT2D eigenvalue weighted by molar-refractivity contribution is -0.167. The molecular formula is C14H18BrN3O2. The van der Waals surface area contributed by atoms with Crippen molar-refractivity contribution in [3.63, 3.8) is 0 Å². The van der Waals surface area contributed by atoms with Crippen molar-refractivity contribution in [2.75, 3.05) is 25.0 Å². The summed E-state index contributed by atoms with van der Waals surface area (Å²) in [4.78, 5) is 12.2. The highest BCUT2D eigenvalue weighted by Crippen LogP contribution is 2.34. The van der Waals surface area contributed by atoms with Crippen molar-refractivity contribution in [2.45, 2.75) is 18.7 Å². The average molecular weight is 340 g/mol. The van der Waals surface area contributed by atoms with Crippen LogP contribution >= 0.6 is 15.9 Å². The van der Waals surface area contributed by atoms with Gasteiger partial charge in [0.15, 0.2) is 0 Å². The first kappa shape index (κ1) is 14.0. The normalized spacial score (nSPS) is 25.8. The maximum Gasteiger partial charge on any atom is 0.266 e. The van der Waals surface area contributed by atoms with Gasteiger partial charge in [-0.05, 0) is 18.9 Å². The number of halogens is 1. The molecule has 2 aliphatic heterocycles. The number of hydrogen-bond acceptors (Lipinski definition) is 4. The Bertz CT molecular complexity index is 503. The zero-order valence-corrected chi connectivity index (χ0v) is 12.8. The minimum Gasteiger partial charge on any atom is -0.341 e. The molecule has 1 fully saturated rings. The second-order valence-electron chi connectivity index (χ2n) is 4.95. The molecule has 0 saturated carbocycles. The first-order chi connectivity index (χ1) is 9.78. The molecule has 0 aromatic heterocycles. The van der Waals surface area contributed by atoms with E-state index in [4.69, 9.17) is 4.74 Å². The number of nitrogens with one attached hydrogen (secondary N) is 2. The molecule has 0 bridgehead atoms. The molecule has 2 aliphatic rings. The van der Waals surface area contributed by atoms with E-state index in [0.717, 1.165) is 36.8 Å². The largest absolute Gasteiger partial charge is 0.341 e. The summed E-state index contributed by atoms with van der Waals surface area (Å²) in [6, 6.07) is 7.62. The number of hydrazine groups is 1. The van der Waals surface area contributed by atoms with Gasteiger partial charge in [-0.15, -0.1) is 0 Å². The Morgan fingerprint density at radius 3 is 2.95 bits per heavy atom. The van der Waals surface area contributed by atoms with Gasteiger partial charge < -0.3 is 4.74 Å². The van der Waals surface area contributed by atoms with Crippen molar-refractivity contribution in [1.82, 2.24) is 15.8 Å². The number of amides is 1. The second-order valence-corrected chi connectivity index (χ2v) is 5.75. The fraction of sp³-hybridized carbons (Fsp3) is 0.500. The van der Waals surface area contributed by atoms with Crippen LogP contribution in [0.2, 0.25) is 0 Å². The van der Waals surface area contributed by atoms with Crippen molar-refractivity contribution < 1.29 is 9.53 Å². The minimum atomic E-state index is -0.711. The topological polar surface area (TPSA) is 53.6 Å². The maximum absolute atomic E-state index is 12.2. The van der Waals surface area contributed by atoms with Crippen LogP contribution < -0.4 is 10.7 Å². The van der Waals surface area contributed by atoms with E-state index in [2.05, 4.69) is 26.7 Å². The molecule has 5 nitrogen and oxygen atoms in total. The number of nitrogens with zero attached hydrogens (tertiary/aromatic N) is 1. The smallest absolute Gasteiger partial charge is 0.266 e. The highest BCUT2D eigenvalue weighted by molar-refractivity contribution is 9.09. The molecule has 1 aromatic carbocycles. The number of carbonyl (C=O) groups excluding carboxylic acids is 1. The van der Waals surface area contributed by atoms with Gasteiger partial charge in [-0.3, -0.25) is 15.5 Å². The third kappa shape index (κ3) is 2.26. The molecule has 1 unspecified atom stereocenters. The number of benzene rings is 1. The SMILES string of the molecule is O=C1NN(CCCCBr)C2(NCCO2)c2ccccc21. The van der Waals surface area contributed by atoms with Gasteiger partial charge in [0.05, 0.1) is 6.61 Å². The molecule has 2 N–H and O–H groups in total. The van der Waals surface area contributed by atoms with Crippen LogP contribution in [0, 0.1) is 0 Å². The molecule has 1 saturated heterocycles. The van der Waals surface area contributed by atoms with E-state index in [9.17, 15) is 4.79 Å². The average Bonchev–Trinajstić information content (AvgIpc) is 2.95. The molecule has 3 rings (SSSR count). The Morgan fingerprint density at radius 1 is 1.35 bits per heavy atom. The van der Waals surface area contributed by atoms with Crippen LogP contribution in [0.25, 0.3) is 0 Å². The lowest BCUT2D eigenvalue weighted by Crippen LogP contribution is -2.64. The van der Waals surface area contributed by atoms with Crippen molar-refractivity contribution in [1.29, 1.82) is 0 Å². The second kappa shape index (κ2) is 5.81. The molecule has 0 radical (unpaired) electrons. The highest BCUT2D eigenvalue weighted by atomic mass is 79.9. The van der Waals surface area contributed by atoms with Crippen LogP contribution in [-0.2, 0) is 10.6 Å². The van der Waals surface area contributed by atoms with Gasteiger partial charge in [-0.25, -0.2) is 0 Å². The van der Waals surface area contributed by atoms with Gasteiger partial charge in [0.2, 0.25) is 5.85 Å². The number of hydrogen-bond donors (Lipinski definition) is 2. The summed E-state index contributed by atoms with van der Waals surface area (Å²) in [7, 11) is 0. The number of fused-ring (bicyclic) bond motifs is 2. The monoisotopic (exact) mass is 339 g/mol. The molecule has 20 heavy (non-hydrogen) atoms. The fourth-order valence-corrected chi connectivity index (χ4v) is 3.17. The van der Waals surface area contributed by atoms with Gasteiger partial charge in [0.1, 0.15) is 0 Å². The fourth-order valence-electron chi connectivity index (χ4n) is 2.78. The summed E-state index contributed by atoms with van der Waals surface area (Å²) in [5.74, 6) is -0.779. The van der Waals surface area contributed by atoms with Gasteiger partial charge >= 0.3 is 0 Å². The Morgan fingerprint density at radius 2 is 2.20 bits per heavy atom. The van der Waals surface area contributed by atoms with E-state index >= 15 is 0 Å². The van der Waals surface area contributed by atoms with E-state index in [1.165, 1.54) is 0 Å². The zero-order chi connectivity index (χ0) is 14.0. The van der Waals surface area contributed by atoms with Crippen molar-refractivity contribution in [2.24, 2.45) is 0 Å². The Kier molecular flexibility index (Phi) is 4.07. The van der Waals surface area contributed by atoms with Crippen LogP contribution in [0.1, 0.15) is 28.8 Å². The molecule has 108 valence electrons. The molecule has 1 amide bonds. The number of ether oxygens (including phenoxy) is 1. The van der Waals surface area contributed by atoms with Gasteiger partial charge in [-0.2, -0.15) is 5.01 Å². The molecule has 2 heterocycles. The summed E-state index contributed by atoms with van der Waals surface area (Å²) in [5.41, 5.74) is 4.54. The van der Waals surface area contributed by atoms with Gasteiger partial charge in [0, 0.05) is 29.5 Å². The number of alkyl halides is 1. The summed E-state index contributed by atoms with van der Waals surface area (Å²) in [6.07, 6.45) is 2.05. The lowest BCUT2D eigenvalue weighted by atomic mass is 9.99. The number of unbranched alkanes of at least 4 members (excludes halogenated alkanes) is 1. The number of rotatable bonds is 4. The Hall–Kier alpha value is -0.950. The van der Waals surface area contributed by atoms with Crippen LogP contribution in [0.4, 0.5) is 0 Å². The summed E-state index contributed by atoms with van der Waals surface area (Å²) >= 11 is 3.43. The Balaban J connectivity index is 1.94.